The molecule has 25 heavy (non-hydrogen) atoms. The van der Waals surface area contributed by atoms with Gasteiger partial charge < -0.3 is 15.0 Å². The summed E-state index contributed by atoms with van der Waals surface area (Å²) in [6.07, 6.45) is -0.294. The molecule has 2 aliphatic heterocycles. The molecule has 2 heterocycles. The number of hydrogen-bond donors (Lipinski definition) is 1. The van der Waals surface area contributed by atoms with Crippen LogP contribution >= 0.6 is 11.8 Å². The Morgan fingerprint density at radius 1 is 1.24 bits per heavy atom. The number of nitrogens with zero attached hydrogens (tertiary/aromatic N) is 2. The molecule has 1 aromatic rings. The van der Waals surface area contributed by atoms with Crippen LogP contribution in [-0.4, -0.2) is 52.6 Å². The van der Waals surface area contributed by atoms with Crippen molar-refractivity contribution in [2.24, 2.45) is 10.9 Å². The predicted molar refractivity (Wildman–Crippen MR) is 98.9 cm³/mol. The Hall–Kier alpha value is -2.02. The van der Waals surface area contributed by atoms with Crippen molar-refractivity contribution in [3.8, 4) is 0 Å². The second-order valence-electron chi connectivity index (χ2n) is 7.28. The van der Waals surface area contributed by atoms with E-state index >= 15 is 0 Å². The average molecular weight is 361 g/mol. The summed E-state index contributed by atoms with van der Waals surface area (Å²) in [5.41, 5.74) is 0.104. The Bertz CT molecular complexity index is 685. The van der Waals surface area contributed by atoms with Gasteiger partial charge in [0.1, 0.15) is 5.60 Å². The maximum atomic E-state index is 12.2. The third kappa shape index (κ3) is 4.54. The topological polar surface area (TPSA) is 71.0 Å². The van der Waals surface area contributed by atoms with Crippen LogP contribution in [0.1, 0.15) is 31.1 Å². The third-order valence-electron chi connectivity index (χ3n) is 4.03. The number of hydrogen-bond acceptors (Lipinski definition) is 5. The van der Waals surface area contributed by atoms with Gasteiger partial charge in [-0.1, -0.05) is 30.0 Å². The van der Waals surface area contributed by atoms with Crippen molar-refractivity contribution in [1.82, 2.24) is 10.2 Å². The van der Waals surface area contributed by atoms with Crippen molar-refractivity contribution in [2.45, 2.75) is 32.4 Å². The Balaban J connectivity index is 1.61. The first kappa shape index (κ1) is 17.8. The van der Waals surface area contributed by atoms with E-state index in [0.717, 1.165) is 5.75 Å². The number of aliphatic imine (C=N–C) groups is 1. The molecule has 0 bridgehead atoms. The molecule has 7 heteroatoms. The SMILES string of the molecule is CC(C)(C)OC(=O)N1CC2CSC(NC(=O)c3ccccc3)=NC2C1. The second kappa shape index (κ2) is 7.07. The van der Waals surface area contributed by atoms with Crippen LogP contribution in [0.25, 0.3) is 0 Å². The van der Waals surface area contributed by atoms with Crippen molar-refractivity contribution in [3.05, 3.63) is 35.9 Å². The Kier molecular flexibility index (Phi) is 5.03. The molecule has 0 saturated carbocycles. The zero-order valence-corrected chi connectivity index (χ0v) is 15.5. The molecular weight excluding hydrogens is 338 g/mol. The first-order chi connectivity index (χ1) is 11.8. The van der Waals surface area contributed by atoms with E-state index in [2.05, 4.69) is 10.3 Å². The van der Waals surface area contributed by atoms with Gasteiger partial charge in [-0.25, -0.2) is 4.79 Å². The minimum atomic E-state index is -0.502. The van der Waals surface area contributed by atoms with Gasteiger partial charge in [0.2, 0.25) is 0 Å². The number of carbonyl (C=O) groups excluding carboxylic acids is 2. The lowest BCUT2D eigenvalue weighted by Gasteiger charge is -2.24. The van der Waals surface area contributed by atoms with Gasteiger partial charge in [-0.2, -0.15) is 0 Å². The summed E-state index contributed by atoms with van der Waals surface area (Å²) in [7, 11) is 0. The van der Waals surface area contributed by atoms with Gasteiger partial charge in [0.05, 0.1) is 6.04 Å². The summed E-state index contributed by atoms with van der Waals surface area (Å²) in [6, 6.07) is 9.09. The second-order valence-corrected chi connectivity index (χ2v) is 8.29. The van der Waals surface area contributed by atoms with Crippen LogP contribution < -0.4 is 5.32 Å². The number of likely N-dealkylation sites (tertiary alicyclic amines) is 1. The molecule has 2 aliphatic rings. The summed E-state index contributed by atoms with van der Waals surface area (Å²) in [5.74, 6) is 0.972. The van der Waals surface area contributed by atoms with Crippen molar-refractivity contribution in [3.63, 3.8) is 0 Å². The van der Waals surface area contributed by atoms with Crippen molar-refractivity contribution >= 4 is 28.9 Å². The van der Waals surface area contributed by atoms with Gasteiger partial charge >= 0.3 is 6.09 Å². The van der Waals surface area contributed by atoms with Crippen LogP contribution in [0, 0.1) is 5.92 Å². The smallest absolute Gasteiger partial charge is 0.410 e. The lowest BCUT2D eigenvalue weighted by molar-refractivity contribution is 0.0288. The van der Waals surface area contributed by atoms with Crippen LogP contribution in [0.5, 0.6) is 0 Å². The summed E-state index contributed by atoms with van der Waals surface area (Å²) < 4.78 is 5.44. The fraction of sp³-hybridized carbons (Fsp3) is 0.500. The molecule has 0 spiro atoms. The molecule has 1 N–H and O–H groups in total. The van der Waals surface area contributed by atoms with Gasteiger partial charge in [-0.05, 0) is 32.9 Å². The number of carbonyl (C=O) groups is 2. The monoisotopic (exact) mass is 361 g/mol. The molecule has 2 atom stereocenters. The van der Waals surface area contributed by atoms with Gasteiger partial charge in [0.15, 0.2) is 5.17 Å². The van der Waals surface area contributed by atoms with Crippen LogP contribution in [0.3, 0.4) is 0 Å². The largest absolute Gasteiger partial charge is 0.444 e. The highest BCUT2D eigenvalue weighted by molar-refractivity contribution is 8.13. The molecule has 3 rings (SSSR count). The number of amides is 2. The zero-order chi connectivity index (χ0) is 18.0. The number of thioether (sulfide) groups is 1. The summed E-state index contributed by atoms with van der Waals surface area (Å²) >= 11 is 1.53. The number of rotatable bonds is 1. The average Bonchev–Trinajstić information content (AvgIpc) is 2.97. The molecule has 1 fully saturated rings. The highest BCUT2D eigenvalue weighted by Crippen LogP contribution is 2.30. The van der Waals surface area contributed by atoms with E-state index in [0.29, 0.717) is 29.7 Å². The highest BCUT2D eigenvalue weighted by atomic mass is 32.2. The van der Waals surface area contributed by atoms with Crippen LogP contribution in [0.2, 0.25) is 0 Å². The lowest BCUT2D eigenvalue weighted by Crippen LogP contribution is -2.36. The van der Waals surface area contributed by atoms with E-state index < -0.39 is 5.60 Å². The van der Waals surface area contributed by atoms with E-state index in [-0.39, 0.29) is 18.0 Å². The van der Waals surface area contributed by atoms with Crippen LogP contribution in [-0.2, 0) is 4.74 Å². The van der Waals surface area contributed by atoms with Crippen LogP contribution in [0.15, 0.2) is 35.3 Å². The van der Waals surface area contributed by atoms with Crippen molar-refractivity contribution in [1.29, 1.82) is 0 Å². The molecule has 134 valence electrons. The van der Waals surface area contributed by atoms with E-state index in [1.165, 1.54) is 11.8 Å². The number of amidine groups is 1. The quantitative estimate of drug-likeness (QED) is 0.835. The van der Waals surface area contributed by atoms with E-state index in [4.69, 9.17) is 4.74 Å². The van der Waals surface area contributed by atoms with Crippen molar-refractivity contribution < 1.29 is 14.3 Å². The van der Waals surface area contributed by atoms with Gasteiger partial charge in [0, 0.05) is 30.3 Å². The normalized spacial score (nSPS) is 22.8. The fourth-order valence-electron chi connectivity index (χ4n) is 2.84. The minimum Gasteiger partial charge on any atom is -0.444 e. The highest BCUT2D eigenvalue weighted by Gasteiger charge is 2.39. The molecule has 2 unspecified atom stereocenters. The molecule has 2 amide bonds. The Morgan fingerprint density at radius 2 is 1.96 bits per heavy atom. The Labute approximate surface area is 152 Å². The van der Waals surface area contributed by atoms with E-state index in [1.807, 2.05) is 39.0 Å². The maximum absolute atomic E-state index is 12.2. The summed E-state index contributed by atoms with van der Waals surface area (Å²) in [5, 5.41) is 3.50. The Morgan fingerprint density at radius 3 is 2.64 bits per heavy atom. The lowest BCUT2D eigenvalue weighted by atomic mass is 10.1. The number of nitrogens with one attached hydrogen (secondary N) is 1. The van der Waals surface area contributed by atoms with Gasteiger partial charge in [-0.3, -0.25) is 9.79 Å². The van der Waals surface area contributed by atoms with Gasteiger partial charge in [0.25, 0.3) is 5.91 Å². The van der Waals surface area contributed by atoms with E-state index in [1.54, 1.807) is 17.0 Å². The standard InChI is InChI=1S/C18H23N3O3S/c1-18(2,3)24-17(23)21-9-13-11-25-16(19-14(13)10-21)20-15(22)12-7-5-4-6-8-12/h4-8,13-14H,9-11H2,1-3H3,(H,19,20,22). The molecule has 0 aliphatic carbocycles. The summed E-state index contributed by atoms with van der Waals surface area (Å²) in [6.45, 7) is 6.76. The number of fused-ring (bicyclic) bond motifs is 1. The molecule has 0 aromatic heterocycles. The zero-order valence-electron chi connectivity index (χ0n) is 14.7. The maximum Gasteiger partial charge on any atom is 0.410 e. The number of ether oxygens (including phenoxy) is 1. The molecule has 1 saturated heterocycles. The van der Waals surface area contributed by atoms with Crippen molar-refractivity contribution in [2.75, 3.05) is 18.8 Å². The molecule has 6 nitrogen and oxygen atoms in total. The van der Waals surface area contributed by atoms with E-state index in [9.17, 15) is 9.59 Å². The van der Waals surface area contributed by atoms with Crippen LogP contribution in [0.4, 0.5) is 4.79 Å². The predicted octanol–water partition coefficient (Wildman–Crippen LogP) is 2.75. The molecular formula is C18H23N3O3S. The molecule has 0 radical (unpaired) electrons. The summed E-state index contributed by atoms with van der Waals surface area (Å²) in [4.78, 5) is 30.8. The first-order valence-electron chi connectivity index (χ1n) is 8.37. The first-order valence-corrected chi connectivity index (χ1v) is 9.35. The minimum absolute atomic E-state index is 0.0137. The fourth-order valence-corrected chi connectivity index (χ4v) is 3.92. The third-order valence-corrected chi connectivity index (χ3v) is 5.11. The van der Waals surface area contributed by atoms with Gasteiger partial charge in [-0.15, -0.1) is 0 Å². The molecule has 1 aromatic carbocycles. The number of benzene rings is 1.